The van der Waals surface area contributed by atoms with E-state index in [1.165, 1.54) is 13.2 Å². The quantitative estimate of drug-likeness (QED) is 0.574. The van der Waals surface area contributed by atoms with Crippen LogP contribution >= 0.6 is 0 Å². The number of hydrogen-bond acceptors (Lipinski definition) is 5. The summed E-state index contributed by atoms with van der Waals surface area (Å²) in [6.45, 7) is 0. The Morgan fingerprint density at radius 1 is 1.38 bits per heavy atom. The number of hydrogen-bond donors (Lipinski definition) is 1. The van der Waals surface area contributed by atoms with Gasteiger partial charge in [0, 0.05) is 11.8 Å². The zero-order chi connectivity index (χ0) is 11.7. The lowest BCUT2D eigenvalue weighted by atomic mass is 10.2. The Kier molecular flexibility index (Phi) is 2.36. The fraction of sp³-hybridized carbons (Fsp3) is 0.0909. The fourth-order valence-electron chi connectivity index (χ4n) is 1.38. The molecule has 5 heteroatoms. The predicted octanol–water partition coefficient (Wildman–Crippen LogP) is 1.16. The van der Waals surface area contributed by atoms with Crippen molar-refractivity contribution in [3.63, 3.8) is 0 Å². The molecule has 0 saturated heterocycles. The van der Waals surface area contributed by atoms with Crippen LogP contribution in [0, 0.1) is 0 Å². The van der Waals surface area contributed by atoms with Crippen molar-refractivity contribution in [2.45, 2.75) is 0 Å². The maximum absolute atomic E-state index is 11.6. The van der Waals surface area contributed by atoms with Crippen LogP contribution in [-0.4, -0.2) is 13.1 Å². The number of carbonyl (C=O) groups is 1. The number of nitrogens with two attached hydrogens (primary N) is 1. The third kappa shape index (κ3) is 1.63. The highest BCUT2D eigenvalue weighted by Gasteiger charge is 2.12. The number of fused-ring (bicyclic) bond motifs is 1. The fourth-order valence-corrected chi connectivity index (χ4v) is 1.38. The Morgan fingerprint density at radius 3 is 2.81 bits per heavy atom. The lowest BCUT2D eigenvalue weighted by molar-refractivity contribution is 0.0565. The standard InChI is InChI=1S/C11H9NO4/c1-15-11(14)10-5-8(13)7-4-6(12)2-3-9(7)16-10/h2-5H,12H2,1H3. The van der Waals surface area contributed by atoms with Crippen molar-refractivity contribution in [1.29, 1.82) is 0 Å². The van der Waals surface area contributed by atoms with Crippen molar-refractivity contribution in [3.05, 3.63) is 40.2 Å². The molecular weight excluding hydrogens is 210 g/mol. The van der Waals surface area contributed by atoms with Gasteiger partial charge in [0.15, 0.2) is 5.43 Å². The SMILES string of the molecule is COC(=O)c1cc(=O)c2cc(N)ccc2o1. The third-order valence-electron chi connectivity index (χ3n) is 2.14. The molecule has 5 nitrogen and oxygen atoms in total. The number of nitrogen functional groups attached to an aromatic ring is 1. The van der Waals surface area contributed by atoms with Gasteiger partial charge < -0.3 is 14.9 Å². The first-order valence-electron chi connectivity index (χ1n) is 4.53. The van der Waals surface area contributed by atoms with Crippen LogP contribution in [0.25, 0.3) is 11.0 Å². The van der Waals surface area contributed by atoms with E-state index in [9.17, 15) is 9.59 Å². The zero-order valence-corrected chi connectivity index (χ0v) is 8.52. The molecule has 16 heavy (non-hydrogen) atoms. The van der Waals surface area contributed by atoms with Gasteiger partial charge in [0.25, 0.3) is 0 Å². The van der Waals surface area contributed by atoms with E-state index >= 15 is 0 Å². The maximum atomic E-state index is 11.6. The first kappa shape index (κ1) is 10.2. The molecule has 2 rings (SSSR count). The van der Waals surface area contributed by atoms with Gasteiger partial charge >= 0.3 is 5.97 Å². The van der Waals surface area contributed by atoms with Crippen molar-refractivity contribution in [2.75, 3.05) is 12.8 Å². The number of benzene rings is 1. The summed E-state index contributed by atoms with van der Waals surface area (Å²) in [6, 6.07) is 5.72. The minimum absolute atomic E-state index is 0.121. The third-order valence-corrected chi connectivity index (χ3v) is 2.14. The molecule has 0 amide bonds. The van der Waals surface area contributed by atoms with Crippen LogP contribution in [0.2, 0.25) is 0 Å². The minimum Gasteiger partial charge on any atom is -0.463 e. The number of esters is 1. The van der Waals surface area contributed by atoms with Gasteiger partial charge in [-0.3, -0.25) is 4.79 Å². The first-order chi connectivity index (χ1) is 7.61. The molecule has 1 aromatic heterocycles. The molecule has 0 unspecified atom stereocenters. The Labute approximate surface area is 90.4 Å². The van der Waals surface area contributed by atoms with Crippen LogP contribution < -0.4 is 11.2 Å². The van der Waals surface area contributed by atoms with Gasteiger partial charge in [0.2, 0.25) is 5.76 Å². The van der Waals surface area contributed by atoms with E-state index < -0.39 is 5.97 Å². The van der Waals surface area contributed by atoms with Crippen molar-refractivity contribution in [1.82, 2.24) is 0 Å². The summed E-state index contributed by atoms with van der Waals surface area (Å²) in [7, 11) is 1.22. The highest BCUT2D eigenvalue weighted by atomic mass is 16.5. The molecule has 0 spiro atoms. The van der Waals surface area contributed by atoms with Crippen molar-refractivity contribution in [3.8, 4) is 0 Å². The first-order valence-corrected chi connectivity index (χ1v) is 4.53. The van der Waals surface area contributed by atoms with Crippen molar-refractivity contribution < 1.29 is 13.9 Å². The second-order valence-corrected chi connectivity index (χ2v) is 3.22. The van der Waals surface area contributed by atoms with Gasteiger partial charge in [-0.15, -0.1) is 0 Å². The van der Waals surface area contributed by atoms with Crippen LogP contribution in [0.4, 0.5) is 5.69 Å². The smallest absolute Gasteiger partial charge is 0.374 e. The molecule has 0 aliphatic heterocycles. The molecule has 1 aromatic carbocycles. The van der Waals surface area contributed by atoms with Crippen LogP contribution in [-0.2, 0) is 4.74 Å². The number of anilines is 1. The minimum atomic E-state index is -0.684. The summed E-state index contributed by atoms with van der Waals surface area (Å²) >= 11 is 0. The summed E-state index contributed by atoms with van der Waals surface area (Å²) in [6.07, 6.45) is 0. The molecule has 2 N–H and O–H groups in total. The summed E-state index contributed by atoms with van der Waals surface area (Å²) in [4.78, 5) is 22.8. The molecule has 0 bridgehead atoms. The van der Waals surface area contributed by atoms with E-state index in [2.05, 4.69) is 4.74 Å². The Balaban J connectivity index is 2.73. The van der Waals surface area contributed by atoms with Gasteiger partial charge in [-0.25, -0.2) is 4.79 Å². The molecule has 0 atom stereocenters. The Morgan fingerprint density at radius 2 is 2.12 bits per heavy atom. The maximum Gasteiger partial charge on any atom is 0.374 e. The average molecular weight is 219 g/mol. The number of rotatable bonds is 1. The topological polar surface area (TPSA) is 82.5 Å². The summed E-state index contributed by atoms with van der Waals surface area (Å²) in [5.74, 6) is -0.805. The second-order valence-electron chi connectivity index (χ2n) is 3.22. The molecular formula is C11H9NO4. The Hall–Kier alpha value is -2.30. The molecule has 0 aliphatic rings. The van der Waals surface area contributed by atoms with Crippen molar-refractivity contribution >= 4 is 22.6 Å². The van der Waals surface area contributed by atoms with E-state index in [4.69, 9.17) is 10.2 Å². The van der Waals surface area contributed by atoms with E-state index in [0.29, 0.717) is 16.7 Å². The molecule has 1 heterocycles. The molecule has 0 radical (unpaired) electrons. The van der Waals surface area contributed by atoms with E-state index in [-0.39, 0.29) is 11.2 Å². The van der Waals surface area contributed by atoms with Gasteiger partial charge in [0.05, 0.1) is 12.5 Å². The van der Waals surface area contributed by atoms with E-state index in [1.807, 2.05) is 0 Å². The molecule has 82 valence electrons. The van der Waals surface area contributed by atoms with Gasteiger partial charge in [-0.05, 0) is 18.2 Å². The Bertz CT molecular complexity index is 615. The molecule has 0 aliphatic carbocycles. The lowest BCUT2D eigenvalue weighted by Gasteiger charge is -2.01. The lowest BCUT2D eigenvalue weighted by Crippen LogP contribution is -2.08. The molecule has 2 aromatic rings. The monoisotopic (exact) mass is 219 g/mol. The average Bonchev–Trinajstić information content (AvgIpc) is 2.28. The number of carbonyl (C=O) groups excluding carboxylic acids is 1. The van der Waals surface area contributed by atoms with Gasteiger partial charge in [0.1, 0.15) is 5.58 Å². The molecule has 0 fully saturated rings. The van der Waals surface area contributed by atoms with Crippen LogP contribution in [0.3, 0.4) is 0 Å². The van der Waals surface area contributed by atoms with Crippen LogP contribution in [0.5, 0.6) is 0 Å². The van der Waals surface area contributed by atoms with Crippen LogP contribution in [0.1, 0.15) is 10.6 Å². The van der Waals surface area contributed by atoms with E-state index in [1.54, 1.807) is 12.1 Å². The predicted molar refractivity (Wildman–Crippen MR) is 58.2 cm³/mol. The highest BCUT2D eigenvalue weighted by molar-refractivity contribution is 5.89. The second kappa shape index (κ2) is 3.69. The number of methoxy groups -OCH3 is 1. The van der Waals surface area contributed by atoms with Crippen molar-refractivity contribution in [2.24, 2.45) is 0 Å². The summed E-state index contributed by atoms with van der Waals surface area (Å²) in [5.41, 5.74) is 5.99. The van der Waals surface area contributed by atoms with Gasteiger partial charge in [-0.1, -0.05) is 0 Å². The zero-order valence-electron chi connectivity index (χ0n) is 8.52. The summed E-state index contributed by atoms with van der Waals surface area (Å²) in [5, 5.41) is 0.340. The van der Waals surface area contributed by atoms with Gasteiger partial charge in [-0.2, -0.15) is 0 Å². The number of ether oxygens (including phenoxy) is 1. The highest BCUT2D eigenvalue weighted by Crippen LogP contribution is 2.15. The molecule has 0 saturated carbocycles. The van der Waals surface area contributed by atoms with E-state index in [0.717, 1.165) is 6.07 Å². The van der Waals surface area contributed by atoms with Crippen LogP contribution in [0.15, 0.2) is 33.5 Å². The summed E-state index contributed by atoms with van der Waals surface area (Å²) < 4.78 is 9.69. The normalized spacial score (nSPS) is 10.3. The largest absolute Gasteiger partial charge is 0.463 e.